The molecule has 3 nitrogen and oxygen atoms in total. The number of likely N-dealkylation sites (N-methyl/N-ethyl adjacent to an activating group) is 2. The van der Waals surface area contributed by atoms with E-state index < -0.39 is 0 Å². The fourth-order valence-electron chi connectivity index (χ4n) is 3.11. The minimum absolute atomic E-state index is 0.706. The zero-order chi connectivity index (χ0) is 12.1. The Hall–Kier alpha value is -0.120. The number of hydrogen-bond donors (Lipinski definition) is 1. The Morgan fingerprint density at radius 3 is 2.41 bits per heavy atom. The lowest BCUT2D eigenvalue weighted by molar-refractivity contribution is 0.111. The molecule has 1 aliphatic carbocycles. The minimum Gasteiger partial charge on any atom is -0.312 e. The van der Waals surface area contributed by atoms with Crippen molar-refractivity contribution in [3.05, 3.63) is 0 Å². The van der Waals surface area contributed by atoms with E-state index in [2.05, 4.69) is 29.2 Å². The Morgan fingerprint density at radius 2 is 1.71 bits per heavy atom. The summed E-state index contributed by atoms with van der Waals surface area (Å²) >= 11 is 0. The Kier molecular flexibility index (Phi) is 5.26. The normalized spacial score (nSPS) is 30.4. The molecule has 2 rings (SSSR count). The molecule has 0 aromatic carbocycles. The third kappa shape index (κ3) is 4.23. The molecule has 1 atom stereocenters. The number of rotatable bonds is 3. The van der Waals surface area contributed by atoms with E-state index in [9.17, 15) is 0 Å². The van der Waals surface area contributed by atoms with Crippen LogP contribution in [-0.2, 0) is 0 Å². The van der Waals surface area contributed by atoms with Crippen LogP contribution in [0.1, 0.15) is 38.5 Å². The first-order chi connectivity index (χ1) is 8.25. The molecule has 3 heteroatoms. The van der Waals surface area contributed by atoms with Gasteiger partial charge in [-0.2, -0.15) is 0 Å². The molecule has 0 spiro atoms. The van der Waals surface area contributed by atoms with Gasteiger partial charge in [0.1, 0.15) is 0 Å². The molecule has 0 amide bonds. The van der Waals surface area contributed by atoms with Crippen molar-refractivity contribution < 1.29 is 0 Å². The summed E-state index contributed by atoms with van der Waals surface area (Å²) in [7, 11) is 4.51. The summed E-state index contributed by atoms with van der Waals surface area (Å²) in [6, 6.07) is 1.50. The van der Waals surface area contributed by atoms with Crippen LogP contribution in [0.25, 0.3) is 0 Å². The summed E-state index contributed by atoms with van der Waals surface area (Å²) in [5.41, 5.74) is 0. The van der Waals surface area contributed by atoms with E-state index in [1.54, 1.807) is 0 Å². The van der Waals surface area contributed by atoms with Crippen LogP contribution in [0.4, 0.5) is 0 Å². The van der Waals surface area contributed by atoms with Crippen molar-refractivity contribution in [3.63, 3.8) is 0 Å². The van der Waals surface area contributed by atoms with Crippen molar-refractivity contribution in [1.29, 1.82) is 0 Å². The van der Waals surface area contributed by atoms with Gasteiger partial charge in [-0.1, -0.05) is 25.7 Å². The second-order valence-electron chi connectivity index (χ2n) is 5.99. The molecule has 100 valence electrons. The molecule has 0 bridgehead atoms. The van der Waals surface area contributed by atoms with Gasteiger partial charge >= 0.3 is 0 Å². The topological polar surface area (TPSA) is 18.5 Å². The van der Waals surface area contributed by atoms with Crippen molar-refractivity contribution in [2.75, 3.05) is 40.3 Å². The first-order valence-corrected chi connectivity index (χ1v) is 7.38. The first-order valence-electron chi connectivity index (χ1n) is 7.38. The molecule has 1 saturated heterocycles. The van der Waals surface area contributed by atoms with Gasteiger partial charge in [0.15, 0.2) is 0 Å². The molecule has 1 N–H and O–H groups in total. The van der Waals surface area contributed by atoms with E-state index in [4.69, 9.17) is 0 Å². The van der Waals surface area contributed by atoms with Gasteiger partial charge in [0.2, 0.25) is 0 Å². The largest absolute Gasteiger partial charge is 0.312 e. The standard InChI is InChI=1S/C14H29N3/c1-16-9-10-17(2)14(12-16)11-15-13-7-5-3-4-6-8-13/h13-15H,3-12H2,1-2H3. The van der Waals surface area contributed by atoms with Gasteiger partial charge < -0.3 is 10.2 Å². The maximum atomic E-state index is 3.81. The fraction of sp³-hybridized carbons (Fsp3) is 1.00. The van der Waals surface area contributed by atoms with Crippen LogP contribution in [0.3, 0.4) is 0 Å². The van der Waals surface area contributed by atoms with Crippen LogP contribution in [-0.4, -0.2) is 62.2 Å². The van der Waals surface area contributed by atoms with E-state index in [1.165, 1.54) is 64.7 Å². The Labute approximate surface area is 107 Å². The number of hydrogen-bond acceptors (Lipinski definition) is 3. The molecular weight excluding hydrogens is 210 g/mol. The molecule has 1 unspecified atom stereocenters. The summed E-state index contributed by atoms with van der Waals surface area (Å²) in [6.07, 6.45) is 8.54. The molecule has 2 aliphatic rings. The van der Waals surface area contributed by atoms with E-state index in [0.29, 0.717) is 6.04 Å². The van der Waals surface area contributed by atoms with Gasteiger partial charge in [-0.15, -0.1) is 0 Å². The van der Waals surface area contributed by atoms with Crippen LogP contribution in [0.2, 0.25) is 0 Å². The van der Waals surface area contributed by atoms with Gasteiger partial charge in [0.05, 0.1) is 0 Å². The highest BCUT2D eigenvalue weighted by molar-refractivity contribution is 4.82. The van der Waals surface area contributed by atoms with E-state index in [1.807, 2.05) is 0 Å². The van der Waals surface area contributed by atoms with E-state index in [-0.39, 0.29) is 0 Å². The highest BCUT2D eigenvalue weighted by atomic mass is 15.3. The van der Waals surface area contributed by atoms with Crippen LogP contribution >= 0.6 is 0 Å². The summed E-state index contributed by atoms with van der Waals surface area (Å²) in [5, 5.41) is 3.81. The minimum atomic E-state index is 0.706. The molecule has 0 radical (unpaired) electrons. The summed E-state index contributed by atoms with van der Waals surface area (Å²) in [6.45, 7) is 4.83. The third-order valence-electron chi connectivity index (χ3n) is 4.48. The van der Waals surface area contributed by atoms with E-state index >= 15 is 0 Å². The quantitative estimate of drug-likeness (QED) is 0.754. The summed E-state index contributed by atoms with van der Waals surface area (Å²) in [5.74, 6) is 0. The second-order valence-corrected chi connectivity index (χ2v) is 5.99. The first kappa shape index (κ1) is 13.3. The molecule has 0 aromatic rings. The lowest BCUT2D eigenvalue weighted by Crippen LogP contribution is -2.54. The molecule has 1 heterocycles. The number of nitrogens with one attached hydrogen (secondary N) is 1. The summed E-state index contributed by atoms with van der Waals surface area (Å²) in [4.78, 5) is 4.98. The van der Waals surface area contributed by atoms with Gasteiger partial charge in [-0.3, -0.25) is 4.90 Å². The molecule has 1 aliphatic heterocycles. The average Bonchev–Trinajstić information content (AvgIpc) is 2.59. The number of nitrogens with zero attached hydrogens (tertiary/aromatic N) is 2. The van der Waals surface area contributed by atoms with E-state index in [0.717, 1.165) is 6.04 Å². The molecule has 17 heavy (non-hydrogen) atoms. The monoisotopic (exact) mass is 239 g/mol. The SMILES string of the molecule is CN1CCN(C)C(CNC2CCCCCC2)C1. The smallest absolute Gasteiger partial charge is 0.0345 e. The highest BCUT2D eigenvalue weighted by Crippen LogP contribution is 2.17. The zero-order valence-corrected chi connectivity index (χ0v) is 11.6. The lowest BCUT2D eigenvalue weighted by atomic mass is 10.1. The maximum absolute atomic E-state index is 3.81. The van der Waals surface area contributed by atoms with Gasteiger partial charge in [0, 0.05) is 38.3 Å². The van der Waals surface area contributed by atoms with Crippen LogP contribution < -0.4 is 5.32 Å². The van der Waals surface area contributed by atoms with Gasteiger partial charge in [-0.25, -0.2) is 0 Å². The zero-order valence-electron chi connectivity index (χ0n) is 11.6. The Bertz CT molecular complexity index is 212. The highest BCUT2D eigenvalue weighted by Gasteiger charge is 2.22. The lowest BCUT2D eigenvalue weighted by Gasteiger charge is -2.38. The molecule has 2 fully saturated rings. The summed E-state index contributed by atoms with van der Waals surface area (Å²) < 4.78 is 0. The predicted octanol–water partition coefficient (Wildman–Crippen LogP) is 1.54. The molecule has 0 aromatic heterocycles. The average molecular weight is 239 g/mol. The predicted molar refractivity (Wildman–Crippen MR) is 73.4 cm³/mol. The Morgan fingerprint density at radius 1 is 1.00 bits per heavy atom. The van der Waals surface area contributed by atoms with Crippen molar-refractivity contribution >= 4 is 0 Å². The van der Waals surface area contributed by atoms with Crippen LogP contribution in [0.5, 0.6) is 0 Å². The van der Waals surface area contributed by atoms with Crippen molar-refractivity contribution in [2.45, 2.75) is 50.6 Å². The molecular formula is C14H29N3. The number of piperazine rings is 1. The maximum Gasteiger partial charge on any atom is 0.0345 e. The van der Waals surface area contributed by atoms with Crippen LogP contribution in [0, 0.1) is 0 Å². The van der Waals surface area contributed by atoms with Crippen molar-refractivity contribution in [3.8, 4) is 0 Å². The van der Waals surface area contributed by atoms with Crippen molar-refractivity contribution in [2.24, 2.45) is 0 Å². The van der Waals surface area contributed by atoms with Crippen molar-refractivity contribution in [1.82, 2.24) is 15.1 Å². The van der Waals surface area contributed by atoms with Gasteiger partial charge in [0.25, 0.3) is 0 Å². The van der Waals surface area contributed by atoms with Crippen LogP contribution in [0.15, 0.2) is 0 Å². The molecule has 1 saturated carbocycles. The fourth-order valence-corrected chi connectivity index (χ4v) is 3.11. The second kappa shape index (κ2) is 6.72. The Balaban J connectivity index is 1.72. The van der Waals surface area contributed by atoms with Gasteiger partial charge in [-0.05, 0) is 26.9 Å². The third-order valence-corrected chi connectivity index (χ3v) is 4.48.